The van der Waals surface area contributed by atoms with Gasteiger partial charge in [0, 0.05) is 37.8 Å². The fraction of sp³-hybridized carbons (Fsp3) is 0.538. The number of nitrogens with zero attached hydrogens (tertiary/aromatic N) is 6. The van der Waals surface area contributed by atoms with Crippen molar-refractivity contribution in [2.75, 3.05) is 50.9 Å². The van der Waals surface area contributed by atoms with Crippen molar-refractivity contribution in [1.82, 2.24) is 25.2 Å². The summed E-state index contributed by atoms with van der Waals surface area (Å²) in [5.41, 5.74) is 4.63. The van der Waals surface area contributed by atoms with E-state index in [0.29, 0.717) is 24.0 Å². The first-order valence-corrected chi connectivity index (χ1v) is 12.9. The third-order valence-electron chi connectivity index (χ3n) is 6.61. The summed E-state index contributed by atoms with van der Waals surface area (Å²) in [6, 6.07) is 10.3. The number of amides is 1. The Labute approximate surface area is 218 Å². The van der Waals surface area contributed by atoms with E-state index in [-0.39, 0.29) is 22.7 Å². The van der Waals surface area contributed by atoms with Crippen molar-refractivity contribution in [3.05, 3.63) is 52.4 Å². The van der Waals surface area contributed by atoms with Gasteiger partial charge in [-0.3, -0.25) is 25.0 Å². The van der Waals surface area contributed by atoms with E-state index in [2.05, 4.69) is 25.2 Å². The Morgan fingerprint density at radius 3 is 2.56 bits per heavy atom. The van der Waals surface area contributed by atoms with E-state index in [9.17, 15) is 4.79 Å². The number of aromatic nitrogens is 2. The lowest BCUT2D eigenvalue weighted by Crippen LogP contribution is -2.48. The van der Waals surface area contributed by atoms with Crippen molar-refractivity contribution in [2.45, 2.75) is 39.3 Å². The van der Waals surface area contributed by atoms with Gasteiger partial charge in [-0.15, -0.1) is 0 Å². The molecule has 2 aliphatic heterocycles. The molecular formula is C26H34ClN7O2. The monoisotopic (exact) mass is 511 g/mol. The molecule has 0 unspecified atom stereocenters. The number of rotatable bonds is 8. The van der Waals surface area contributed by atoms with Gasteiger partial charge in [-0.2, -0.15) is 10.2 Å². The number of benzene rings is 1. The Morgan fingerprint density at radius 1 is 1.22 bits per heavy atom. The first-order valence-electron chi connectivity index (χ1n) is 12.6. The van der Waals surface area contributed by atoms with Gasteiger partial charge < -0.3 is 4.74 Å². The summed E-state index contributed by atoms with van der Waals surface area (Å²) in [5, 5.41) is 11.0. The maximum atomic E-state index is 13.0. The molecule has 0 atom stereocenters. The predicted octanol–water partition coefficient (Wildman–Crippen LogP) is 3.11. The van der Waals surface area contributed by atoms with E-state index in [1.165, 1.54) is 24.6 Å². The first-order chi connectivity index (χ1) is 17.4. The molecule has 2 aromatic rings. The number of hydrogen-bond donors (Lipinski definition) is 1. The first kappa shape index (κ1) is 26.3. The van der Waals surface area contributed by atoms with Crippen LogP contribution in [0.5, 0.6) is 0 Å². The van der Waals surface area contributed by atoms with Gasteiger partial charge in [0.25, 0.3) is 5.91 Å². The predicted molar refractivity (Wildman–Crippen MR) is 139 cm³/mol. The highest BCUT2D eigenvalue weighted by atomic mass is 35.5. The molecule has 10 heteroatoms. The van der Waals surface area contributed by atoms with Gasteiger partial charge >= 0.3 is 0 Å². The highest BCUT2D eigenvalue weighted by Crippen LogP contribution is 2.23. The largest absolute Gasteiger partial charge is 0.379 e. The molecule has 2 saturated heterocycles. The van der Waals surface area contributed by atoms with Crippen molar-refractivity contribution in [1.29, 1.82) is 5.26 Å². The number of hydrogen-bond acceptors (Lipinski definition) is 8. The molecule has 1 N–H and O–H groups in total. The summed E-state index contributed by atoms with van der Waals surface area (Å²) < 4.78 is 5.49. The van der Waals surface area contributed by atoms with Crippen LogP contribution in [0.2, 0.25) is 5.02 Å². The summed E-state index contributed by atoms with van der Waals surface area (Å²) in [6.45, 7) is 11.4. The van der Waals surface area contributed by atoms with Crippen LogP contribution in [0.25, 0.3) is 0 Å². The van der Waals surface area contributed by atoms with Crippen LogP contribution in [0.15, 0.2) is 30.5 Å². The Kier molecular flexibility index (Phi) is 9.10. The third kappa shape index (κ3) is 6.92. The molecule has 3 heterocycles. The minimum atomic E-state index is -0.262. The van der Waals surface area contributed by atoms with Crippen molar-refractivity contribution >= 4 is 23.3 Å². The number of nitrogens with one attached hydrogen (secondary N) is 1. The van der Waals surface area contributed by atoms with E-state index in [1.54, 1.807) is 5.01 Å². The van der Waals surface area contributed by atoms with Crippen molar-refractivity contribution in [3.8, 4) is 6.07 Å². The van der Waals surface area contributed by atoms with Gasteiger partial charge in [-0.1, -0.05) is 37.6 Å². The third-order valence-corrected chi connectivity index (χ3v) is 6.87. The molecule has 0 aliphatic carbocycles. The maximum absolute atomic E-state index is 13.0. The van der Waals surface area contributed by atoms with Crippen LogP contribution >= 0.6 is 11.6 Å². The molecule has 1 aromatic heterocycles. The van der Waals surface area contributed by atoms with Crippen molar-refractivity contribution < 1.29 is 9.53 Å². The summed E-state index contributed by atoms with van der Waals surface area (Å²) >= 11 is 6.29. The molecule has 36 heavy (non-hydrogen) atoms. The Bertz CT molecular complexity index is 1060. The number of piperidine rings is 1. The lowest BCUT2D eigenvalue weighted by Gasteiger charge is -2.40. The number of nitriles is 1. The Morgan fingerprint density at radius 2 is 1.92 bits per heavy atom. The lowest BCUT2D eigenvalue weighted by atomic mass is 10.0. The van der Waals surface area contributed by atoms with Crippen LogP contribution in [0.3, 0.4) is 0 Å². The molecule has 4 rings (SSSR count). The fourth-order valence-electron chi connectivity index (χ4n) is 4.74. The SMILES string of the molecule is CC(C)CN(NC(=O)c1ccc(CN2CCC(N3CCOCC3)CC2)cc1)c1nc(C#N)ncc1Cl. The number of ether oxygens (including phenoxy) is 1. The summed E-state index contributed by atoms with van der Waals surface area (Å²) in [7, 11) is 0. The van der Waals surface area contributed by atoms with Crippen LogP contribution in [0.1, 0.15) is 48.4 Å². The zero-order valence-corrected chi connectivity index (χ0v) is 21.7. The highest BCUT2D eigenvalue weighted by molar-refractivity contribution is 6.32. The van der Waals surface area contributed by atoms with Crippen LogP contribution in [-0.2, 0) is 11.3 Å². The van der Waals surface area contributed by atoms with Gasteiger partial charge in [-0.25, -0.2) is 4.98 Å². The molecular weight excluding hydrogens is 478 g/mol. The molecule has 0 radical (unpaired) electrons. The summed E-state index contributed by atoms with van der Waals surface area (Å²) in [6.07, 6.45) is 3.75. The van der Waals surface area contributed by atoms with Crippen LogP contribution in [0.4, 0.5) is 5.82 Å². The van der Waals surface area contributed by atoms with Crippen molar-refractivity contribution in [3.63, 3.8) is 0 Å². The van der Waals surface area contributed by atoms with E-state index in [4.69, 9.17) is 21.6 Å². The Balaban J connectivity index is 1.34. The standard InChI is InChI=1S/C26H34ClN7O2/c1-19(2)17-34(25-23(27)16-29-24(15-28)30-25)31-26(35)21-5-3-20(4-6-21)18-32-9-7-22(8-10-32)33-11-13-36-14-12-33/h3-6,16,19,22H,7-14,17-18H2,1-2H3,(H,31,35). The Hall–Kier alpha value is -2.77. The van der Waals surface area contributed by atoms with Crippen LogP contribution in [-0.4, -0.2) is 77.7 Å². The van der Waals surface area contributed by atoms with E-state index in [1.807, 2.05) is 44.2 Å². The molecule has 1 aromatic carbocycles. The molecule has 0 spiro atoms. The number of carbonyl (C=O) groups is 1. The van der Waals surface area contributed by atoms with Gasteiger partial charge in [0.15, 0.2) is 5.82 Å². The quantitative estimate of drug-likeness (QED) is 0.540. The van der Waals surface area contributed by atoms with Gasteiger partial charge in [-0.05, 0) is 49.5 Å². The van der Waals surface area contributed by atoms with E-state index < -0.39 is 0 Å². The number of halogens is 1. The number of hydrazine groups is 1. The van der Waals surface area contributed by atoms with E-state index in [0.717, 1.165) is 45.9 Å². The molecule has 9 nitrogen and oxygen atoms in total. The number of carbonyl (C=O) groups excluding carboxylic acids is 1. The summed E-state index contributed by atoms with van der Waals surface area (Å²) in [5.74, 6) is 0.261. The molecule has 2 fully saturated rings. The minimum Gasteiger partial charge on any atom is -0.379 e. The van der Waals surface area contributed by atoms with Crippen LogP contribution in [0, 0.1) is 17.2 Å². The average Bonchev–Trinajstić information content (AvgIpc) is 2.90. The molecule has 1 amide bonds. The zero-order chi connectivity index (χ0) is 25.5. The molecule has 2 aliphatic rings. The van der Waals surface area contributed by atoms with Gasteiger partial charge in [0.05, 0.1) is 19.4 Å². The molecule has 0 bridgehead atoms. The second-order valence-corrected chi connectivity index (χ2v) is 10.2. The average molecular weight is 512 g/mol. The highest BCUT2D eigenvalue weighted by Gasteiger charge is 2.26. The van der Waals surface area contributed by atoms with Gasteiger partial charge in [0.2, 0.25) is 5.82 Å². The molecule has 0 saturated carbocycles. The number of likely N-dealkylation sites (tertiary alicyclic amines) is 1. The molecule has 192 valence electrons. The second kappa shape index (κ2) is 12.5. The normalized spacial score (nSPS) is 17.6. The number of morpholine rings is 1. The van der Waals surface area contributed by atoms with Crippen molar-refractivity contribution in [2.24, 2.45) is 5.92 Å². The maximum Gasteiger partial charge on any atom is 0.269 e. The van der Waals surface area contributed by atoms with E-state index >= 15 is 0 Å². The lowest BCUT2D eigenvalue weighted by molar-refractivity contribution is 0.000231. The second-order valence-electron chi connectivity index (χ2n) is 9.77. The topological polar surface area (TPSA) is 97.6 Å². The summed E-state index contributed by atoms with van der Waals surface area (Å²) in [4.78, 5) is 26.2. The zero-order valence-electron chi connectivity index (χ0n) is 21.0. The smallest absolute Gasteiger partial charge is 0.269 e. The van der Waals surface area contributed by atoms with Crippen LogP contribution < -0.4 is 10.4 Å². The number of anilines is 1. The fourth-order valence-corrected chi connectivity index (χ4v) is 4.94. The van der Waals surface area contributed by atoms with Gasteiger partial charge in [0.1, 0.15) is 11.1 Å². The minimum absolute atomic E-state index is 0.00395.